The van der Waals surface area contributed by atoms with E-state index in [1.54, 1.807) is 31.2 Å². The molecule has 1 aromatic carbocycles. The van der Waals surface area contributed by atoms with Crippen LogP contribution < -0.4 is 0 Å². The molecule has 1 unspecified atom stereocenters. The minimum Gasteiger partial charge on any atom is -0.338 e. The fourth-order valence-electron chi connectivity index (χ4n) is 3.32. The van der Waals surface area contributed by atoms with Gasteiger partial charge in [0.1, 0.15) is 10.7 Å². The largest absolute Gasteiger partial charge is 0.338 e. The summed E-state index contributed by atoms with van der Waals surface area (Å²) in [4.78, 5) is 8.88. The number of thioether (sulfide) groups is 1. The topological polar surface area (TPSA) is 89.2 Å². The first-order valence-corrected chi connectivity index (χ1v) is 12.4. The number of aryl methyl sites for hydroxylation is 1. The molecule has 31 heavy (non-hydrogen) atoms. The number of hydrogen-bond acceptors (Lipinski definition) is 7. The molecule has 0 saturated carbocycles. The van der Waals surface area contributed by atoms with Crippen LogP contribution in [0.15, 0.2) is 51.0 Å². The van der Waals surface area contributed by atoms with Crippen molar-refractivity contribution in [1.29, 1.82) is 0 Å². The molecule has 10 heteroatoms. The highest BCUT2D eigenvalue weighted by Gasteiger charge is 2.26. The van der Waals surface area contributed by atoms with Crippen LogP contribution in [-0.2, 0) is 10.0 Å². The molecule has 1 saturated heterocycles. The van der Waals surface area contributed by atoms with Gasteiger partial charge in [-0.3, -0.25) is 0 Å². The number of aromatic nitrogens is 3. The molecule has 1 aliphatic heterocycles. The van der Waals surface area contributed by atoms with Crippen LogP contribution >= 0.6 is 11.8 Å². The second-order valence-corrected chi connectivity index (χ2v) is 10.8. The summed E-state index contributed by atoms with van der Waals surface area (Å²) in [6.45, 7) is 4.69. The van der Waals surface area contributed by atoms with Crippen LogP contribution in [0.1, 0.15) is 42.9 Å². The highest BCUT2D eigenvalue weighted by atomic mass is 32.2. The molecular formula is C21H23FN4O3S2. The van der Waals surface area contributed by atoms with Gasteiger partial charge in [0.2, 0.25) is 21.7 Å². The summed E-state index contributed by atoms with van der Waals surface area (Å²) in [5.74, 6) is 0.375. The minimum atomic E-state index is -3.50. The Kier molecular flexibility index (Phi) is 6.40. The molecule has 164 valence electrons. The normalized spacial score (nSPS) is 16.4. The Morgan fingerprint density at radius 3 is 2.61 bits per heavy atom. The van der Waals surface area contributed by atoms with Crippen LogP contribution in [0.2, 0.25) is 0 Å². The Hall–Kier alpha value is -2.30. The molecule has 0 aliphatic carbocycles. The van der Waals surface area contributed by atoms with Crippen LogP contribution in [0.3, 0.4) is 0 Å². The van der Waals surface area contributed by atoms with Gasteiger partial charge in [0.15, 0.2) is 0 Å². The molecule has 0 spiro atoms. The molecule has 7 nitrogen and oxygen atoms in total. The monoisotopic (exact) mass is 462 g/mol. The quantitative estimate of drug-likeness (QED) is 0.494. The molecule has 0 N–H and O–H groups in total. The highest BCUT2D eigenvalue weighted by molar-refractivity contribution is 7.99. The fourth-order valence-corrected chi connectivity index (χ4v) is 5.61. The third-order valence-corrected chi connectivity index (χ3v) is 8.10. The lowest BCUT2D eigenvalue weighted by atomic mass is 10.1. The first-order valence-electron chi connectivity index (χ1n) is 10.1. The molecule has 1 aliphatic rings. The van der Waals surface area contributed by atoms with E-state index >= 15 is 0 Å². The first kappa shape index (κ1) is 21.9. The average Bonchev–Trinajstić information content (AvgIpc) is 3.27. The third kappa shape index (κ3) is 4.81. The predicted octanol–water partition coefficient (Wildman–Crippen LogP) is 4.61. The summed E-state index contributed by atoms with van der Waals surface area (Å²) in [6.07, 6.45) is 4.24. The molecule has 4 rings (SSSR count). The van der Waals surface area contributed by atoms with Crippen molar-refractivity contribution in [2.45, 2.75) is 48.3 Å². The van der Waals surface area contributed by atoms with Gasteiger partial charge in [-0.1, -0.05) is 35.5 Å². The Balaban J connectivity index is 1.45. The number of pyridine rings is 1. The molecule has 1 atom stereocenters. The maximum atomic E-state index is 13.8. The third-order valence-electron chi connectivity index (χ3n) is 5.18. The van der Waals surface area contributed by atoms with E-state index in [0.29, 0.717) is 41.0 Å². The number of piperidine rings is 1. The van der Waals surface area contributed by atoms with Crippen LogP contribution in [-0.4, -0.2) is 40.9 Å². The number of halogens is 1. The van der Waals surface area contributed by atoms with Gasteiger partial charge in [0.05, 0.1) is 10.3 Å². The summed E-state index contributed by atoms with van der Waals surface area (Å²) >= 11 is 1.38. The van der Waals surface area contributed by atoms with Gasteiger partial charge < -0.3 is 4.52 Å². The number of rotatable bonds is 6. The second kappa shape index (κ2) is 9.05. The lowest BCUT2D eigenvalue weighted by molar-refractivity contribution is 0.346. The molecular weight excluding hydrogens is 439 g/mol. The van der Waals surface area contributed by atoms with Gasteiger partial charge in [-0.2, -0.15) is 9.29 Å². The van der Waals surface area contributed by atoms with Gasteiger partial charge in [0.25, 0.3) is 0 Å². The lowest BCUT2D eigenvalue weighted by Gasteiger charge is -2.25. The lowest BCUT2D eigenvalue weighted by Crippen LogP contribution is -2.35. The van der Waals surface area contributed by atoms with Gasteiger partial charge in [-0.15, -0.1) is 0 Å². The van der Waals surface area contributed by atoms with E-state index in [2.05, 4.69) is 15.1 Å². The van der Waals surface area contributed by atoms with Gasteiger partial charge in [-0.05, 0) is 50.5 Å². The van der Waals surface area contributed by atoms with E-state index < -0.39 is 10.0 Å². The maximum absolute atomic E-state index is 13.8. The number of hydrogen-bond donors (Lipinski definition) is 0. The van der Waals surface area contributed by atoms with Crippen LogP contribution in [0.25, 0.3) is 11.4 Å². The molecule has 0 bridgehead atoms. The zero-order chi connectivity index (χ0) is 22.0. The van der Waals surface area contributed by atoms with Gasteiger partial charge in [0, 0.05) is 24.8 Å². The summed E-state index contributed by atoms with van der Waals surface area (Å²) in [6, 6.07) is 8.06. The molecule has 3 aromatic rings. The van der Waals surface area contributed by atoms with Gasteiger partial charge >= 0.3 is 0 Å². The van der Waals surface area contributed by atoms with Crippen LogP contribution in [0, 0.1) is 12.7 Å². The predicted molar refractivity (Wildman–Crippen MR) is 116 cm³/mol. The zero-order valence-corrected chi connectivity index (χ0v) is 18.9. The van der Waals surface area contributed by atoms with E-state index in [9.17, 15) is 12.8 Å². The molecule has 3 heterocycles. The first-order chi connectivity index (χ1) is 14.8. The van der Waals surface area contributed by atoms with E-state index in [4.69, 9.17) is 4.52 Å². The summed E-state index contributed by atoms with van der Waals surface area (Å²) in [5, 5.41) is 4.38. The number of nitrogens with zero attached hydrogens (tertiary/aromatic N) is 4. The molecule has 1 fully saturated rings. The van der Waals surface area contributed by atoms with Crippen molar-refractivity contribution in [3.05, 3.63) is 53.8 Å². The number of benzene rings is 1. The van der Waals surface area contributed by atoms with Crippen LogP contribution in [0.5, 0.6) is 0 Å². The van der Waals surface area contributed by atoms with Crippen molar-refractivity contribution in [3.8, 4) is 11.4 Å². The van der Waals surface area contributed by atoms with Crippen molar-refractivity contribution in [3.63, 3.8) is 0 Å². The second-order valence-electron chi connectivity index (χ2n) is 7.48. The van der Waals surface area contributed by atoms with Crippen molar-refractivity contribution >= 4 is 21.8 Å². The Morgan fingerprint density at radius 1 is 1.16 bits per heavy atom. The average molecular weight is 463 g/mol. The van der Waals surface area contributed by atoms with Crippen molar-refractivity contribution in [2.24, 2.45) is 0 Å². The minimum absolute atomic E-state index is 0.202. The Labute approximate surface area is 185 Å². The van der Waals surface area contributed by atoms with E-state index in [1.807, 2.05) is 6.92 Å². The van der Waals surface area contributed by atoms with E-state index in [-0.39, 0.29) is 16.0 Å². The Bertz CT molecular complexity index is 1160. The summed E-state index contributed by atoms with van der Waals surface area (Å²) in [5.41, 5.74) is 1.09. The van der Waals surface area contributed by atoms with Crippen molar-refractivity contribution < 1.29 is 17.3 Å². The number of sulfonamides is 1. The van der Waals surface area contributed by atoms with Crippen LogP contribution in [0.4, 0.5) is 4.39 Å². The standard InChI is InChI=1S/C21H23FN4O3S2/c1-14-6-7-16(12-18(14)22)20-24-21(29-25-20)15(2)30-19-9-8-17(13-23-19)31(27,28)26-10-4-3-5-11-26/h6-9,12-13,15H,3-5,10-11H2,1-2H3. The highest BCUT2D eigenvalue weighted by Crippen LogP contribution is 2.34. The maximum Gasteiger partial charge on any atom is 0.244 e. The SMILES string of the molecule is Cc1ccc(-c2noc(C(C)Sc3ccc(S(=O)(=O)N4CCCCC4)cn3)n2)cc1F. The van der Waals surface area contributed by atoms with Crippen molar-refractivity contribution in [2.75, 3.05) is 13.1 Å². The van der Waals surface area contributed by atoms with Crippen molar-refractivity contribution in [1.82, 2.24) is 19.4 Å². The molecule has 0 amide bonds. The van der Waals surface area contributed by atoms with E-state index in [1.165, 1.54) is 28.3 Å². The zero-order valence-electron chi connectivity index (χ0n) is 17.3. The molecule has 0 radical (unpaired) electrons. The summed E-state index contributed by atoms with van der Waals surface area (Å²) < 4.78 is 46.2. The Morgan fingerprint density at radius 2 is 1.94 bits per heavy atom. The summed E-state index contributed by atoms with van der Waals surface area (Å²) in [7, 11) is -3.50. The fraction of sp³-hybridized carbons (Fsp3) is 0.381. The van der Waals surface area contributed by atoms with E-state index in [0.717, 1.165) is 19.3 Å². The smallest absolute Gasteiger partial charge is 0.244 e. The van der Waals surface area contributed by atoms with Gasteiger partial charge in [-0.25, -0.2) is 17.8 Å². The molecule has 2 aromatic heterocycles.